The van der Waals surface area contributed by atoms with Crippen molar-refractivity contribution in [3.63, 3.8) is 0 Å². The third-order valence-corrected chi connectivity index (χ3v) is 5.08. The number of nitrogens with zero attached hydrogens (tertiary/aromatic N) is 2. The topological polar surface area (TPSA) is 42.9 Å². The fraction of sp³-hybridized carbons (Fsp3) is 0. The summed E-state index contributed by atoms with van der Waals surface area (Å²) < 4.78 is 0. The van der Waals surface area contributed by atoms with Crippen LogP contribution < -0.4 is 0 Å². The predicted molar refractivity (Wildman–Crippen MR) is 115 cm³/mol. The lowest BCUT2D eigenvalue weighted by atomic mass is 10.0. The van der Waals surface area contributed by atoms with Crippen LogP contribution in [-0.2, 0) is 0 Å². The molecule has 136 valence electrons. The Morgan fingerprint density at radius 3 is 2.21 bits per heavy atom. The van der Waals surface area contributed by atoms with Crippen LogP contribution in [0.15, 0.2) is 79.1 Å². The fourth-order valence-corrected chi connectivity index (χ4v) is 3.15. The molecular formula is C23H14Cl2N2O. The van der Waals surface area contributed by atoms with E-state index in [9.17, 15) is 4.79 Å². The van der Waals surface area contributed by atoms with Crippen LogP contribution in [-0.4, -0.2) is 15.8 Å². The number of benzene rings is 3. The minimum Gasteiger partial charge on any atom is -0.289 e. The van der Waals surface area contributed by atoms with Crippen LogP contribution in [0.5, 0.6) is 0 Å². The highest BCUT2D eigenvalue weighted by Gasteiger charge is 2.05. The summed E-state index contributed by atoms with van der Waals surface area (Å²) in [6.07, 6.45) is 6.65. The van der Waals surface area contributed by atoms with Crippen LogP contribution in [0.4, 0.5) is 0 Å². The molecule has 0 amide bonds. The first kappa shape index (κ1) is 18.4. The lowest BCUT2D eigenvalue weighted by Crippen LogP contribution is -1.94. The molecule has 0 aliphatic carbocycles. The molecule has 0 unspecified atom stereocenters. The third kappa shape index (κ3) is 3.96. The van der Waals surface area contributed by atoms with Gasteiger partial charge >= 0.3 is 0 Å². The van der Waals surface area contributed by atoms with E-state index in [0.717, 1.165) is 27.7 Å². The summed E-state index contributed by atoms with van der Waals surface area (Å²) in [6.45, 7) is 0. The van der Waals surface area contributed by atoms with Gasteiger partial charge in [0.05, 0.1) is 21.1 Å². The number of carbonyl (C=O) groups excluding carboxylic acids is 1. The summed E-state index contributed by atoms with van der Waals surface area (Å²) >= 11 is 12.0. The summed E-state index contributed by atoms with van der Waals surface area (Å²) in [5.74, 6) is -0.0695. The quantitative estimate of drug-likeness (QED) is 0.288. The molecular weight excluding hydrogens is 391 g/mol. The average Bonchev–Trinajstić information content (AvgIpc) is 2.74. The minimum atomic E-state index is -0.0695. The Hall–Kier alpha value is -3.01. The van der Waals surface area contributed by atoms with Crippen LogP contribution in [0, 0.1) is 0 Å². The van der Waals surface area contributed by atoms with Gasteiger partial charge in [0, 0.05) is 18.0 Å². The summed E-state index contributed by atoms with van der Waals surface area (Å²) in [5, 5.41) is 1.02. The maximum atomic E-state index is 12.5. The lowest BCUT2D eigenvalue weighted by Gasteiger charge is -2.04. The van der Waals surface area contributed by atoms with Crippen molar-refractivity contribution < 1.29 is 4.79 Å². The van der Waals surface area contributed by atoms with Crippen LogP contribution in [0.25, 0.3) is 28.2 Å². The highest BCUT2D eigenvalue weighted by atomic mass is 35.5. The standard InChI is InChI=1S/C23H14Cl2N2O/c24-19-8-7-18(14-20(19)25)16-3-5-17(6-4-16)23(28)10-2-15-1-9-21-22(13-15)27-12-11-26-21/h1-14H/b10-2+. The third-order valence-electron chi connectivity index (χ3n) is 4.34. The number of allylic oxidation sites excluding steroid dienone is 1. The number of hydrogen-bond acceptors (Lipinski definition) is 3. The smallest absolute Gasteiger partial charge is 0.185 e. The van der Waals surface area contributed by atoms with E-state index in [2.05, 4.69) is 9.97 Å². The van der Waals surface area contributed by atoms with E-state index in [-0.39, 0.29) is 5.78 Å². The molecule has 28 heavy (non-hydrogen) atoms. The number of rotatable bonds is 4. The monoisotopic (exact) mass is 404 g/mol. The molecule has 0 aliphatic rings. The summed E-state index contributed by atoms with van der Waals surface area (Å²) in [4.78, 5) is 21.0. The first-order valence-electron chi connectivity index (χ1n) is 8.59. The first-order valence-corrected chi connectivity index (χ1v) is 9.34. The second-order valence-corrected chi connectivity index (χ2v) is 7.02. The number of halogens is 2. The van der Waals surface area contributed by atoms with E-state index in [1.807, 2.05) is 42.5 Å². The van der Waals surface area contributed by atoms with Gasteiger partial charge in [-0.05, 0) is 47.0 Å². The second kappa shape index (κ2) is 7.93. The van der Waals surface area contributed by atoms with Crippen molar-refractivity contribution in [2.75, 3.05) is 0 Å². The van der Waals surface area contributed by atoms with Gasteiger partial charge in [-0.15, -0.1) is 0 Å². The molecule has 1 heterocycles. The van der Waals surface area contributed by atoms with Crippen molar-refractivity contribution in [1.82, 2.24) is 9.97 Å². The molecule has 0 radical (unpaired) electrons. The van der Waals surface area contributed by atoms with Crippen molar-refractivity contribution >= 4 is 46.1 Å². The first-order chi connectivity index (χ1) is 13.6. The zero-order valence-corrected chi connectivity index (χ0v) is 16.2. The molecule has 0 fully saturated rings. The number of carbonyl (C=O) groups is 1. The van der Waals surface area contributed by atoms with Gasteiger partial charge in [0.1, 0.15) is 0 Å². The van der Waals surface area contributed by atoms with E-state index in [1.54, 1.807) is 42.7 Å². The average molecular weight is 405 g/mol. The molecule has 4 aromatic rings. The van der Waals surface area contributed by atoms with E-state index in [0.29, 0.717) is 15.6 Å². The molecule has 0 saturated carbocycles. The Labute approximate surface area is 172 Å². The summed E-state index contributed by atoms with van der Waals surface area (Å²) in [5.41, 5.74) is 5.04. The van der Waals surface area contributed by atoms with Gasteiger partial charge in [-0.3, -0.25) is 14.8 Å². The Kier molecular flexibility index (Phi) is 5.20. The molecule has 3 nitrogen and oxygen atoms in total. The maximum absolute atomic E-state index is 12.5. The van der Waals surface area contributed by atoms with Gasteiger partial charge in [0.15, 0.2) is 5.78 Å². The van der Waals surface area contributed by atoms with Crippen LogP contribution in [0.2, 0.25) is 10.0 Å². The molecule has 4 rings (SSSR count). The highest BCUT2D eigenvalue weighted by molar-refractivity contribution is 6.42. The normalized spacial score (nSPS) is 11.2. The molecule has 5 heteroatoms. The Morgan fingerprint density at radius 1 is 0.750 bits per heavy atom. The highest BCUT2D eigenvalue weighted by Crippen LogP contribution is 2.28. The molecule has 0 bridgehead atoms. The van der Waals surface area contributed by atoms with Gasteiger partial charge in [-0.25, -0.2) is 0 Å². The predicted octanol–water partition coefficient (Wildman–Crippen LogP) is 6.50. The largest absolute Gasteiger partial charge is 0.289 e. The number of fused-ring (bicyclic) bond motifs is 1. The summed E-state index contributed by atoms with van der Waals surface area (Å²) in [6, 6.07) is 18.6. The van der Waals surface area contributed by atoms with Crippen molar-refractivity contribution in [3.8, 4) is 11.1 Å². The zero-order valence-electron chi connectivity index (χ0n) is 14.6. The van der Waals surface area contributed by atoms with Gasteiger partial charge in [-0.2, -0.15) is 0 Å². The van der Waals surface area contributed by atoms with E-state index in [4.69, 9.17) is 23.2 Å². The van der Waals surface area contributed by atoms with Crippen molar-refractivity contribution in [1.29, 1.82) is 0 Å². The van der Waals surface area contributed by atoms with Crippen LogP contribution in [0.1, 0.15) is 15.9 Å². The summed E-state index contributed by atoms with van der Waals surface area (Å²) in [7, 11) is 0. The SMILES string of the molecule is O=C(/C=C/c1ccc2nccnc2c1)c1ccc(-c2ccc(Cl)c(Cl)c2)cc1. The maximum Gasteiger partial charge on any atom is 0.185 e. The number of hydrogen-bond donors (Lipinski definition) is 0. The Bertz CT molecular complexity index is 1200. The lowest BCUT2D eigenvalue weighted by molar-refractivity contribution is 0.104. The molecule has 0 saturated heterocycles. The molecule has 1 aromatic heterocycles. The number of aromatic nitrogens is 2. The van der Waals surface area contributed by atoms with Gasteiger partial charge in [0.25, 0.3) is 0 Å². The van der Waals surface area contributed by atoms with Crippen LogP contribution in [0.3, 0.4) is 0 Å². The molecule has 0 aliphatic heterocycles. The van der Waals surface area contributed by atoms with E-state index in [1.165, 1.54) is 0 Å². The van der Waals surface area contributed by atoms with Crippen molar-refractivity contribution in [2.24, 2.45) is 0 Å². The van der Waals surface area contributed by atoms with E-state index < -0.39 is 0 Å². The van der Waals surface area contributed by atoms with Gasteiger partial charge in [0.2, 0.25) is 0 Å². The Morgan fingerprint density at radius 2 is 1.46 bits per heavy atom. The van der Waals surface area contributed by atoms with Crippen molar-refractivity contribution in [2.45, 2.75) is 0 Å². The second-order valence-electron chi connectivity index (χ2n) is 6.21. The van der Waals surface area contributed by atoms with Gasteiger partial charge in [-0.1, -0.05) is 65.7 Å². The molecule has 0 spiro atoms. The minimum absolute atomic E-state index is 0.0695. The Balaban J connectivity index is 1.52. The van der Waals surface area contributed by atoms with Crippen molar-refractivity contribution in [3.05, 3.63) is 100 Å². The van der Waals surface area contributed by atoms with Crippen LogP contribution >= 0.6 is 23.2 Å². The molecule has 0 atom stereocenters. The van der Waals surface area contributed by atoms with E-state index >= 15 is 0 Å². The van der Waals surface area contributed by atoms with Gasteiger partial charge < -0.3 is 0 Å². The number of ketones is 1. The zero-order chi connectivity index (χ0) is 19.5. The molecule has 0 N–H and O–H groups in total. The molecule has 3 aromatic carbocycles. The fourth-order valence-electron chi connectivity index (χ4n) is 2.85.